The van der Waals surface area contributed by atoms with Crippen molar-refractivity contribution in [1.29, 1.82) is 0 Å². The summed E-state index contributed by atoms with van der Waals surface area (Å²) in [6.07, 6.45) is 1.24. The molecule has 2 N–H and O–H groups in total. The number of nitrogens with one attached hydrogen (secondary N) is 1. The maximum atomic E-state index is 13.3. The molecule has 3 amide bonds. The zero-order valence-electron chi connectivity index (χ0n) is 18.6. The molecular formula is C24H22F2N2O7. The number of alkyl halides is 2. The highest BCUT2D eigenvalue weighted by Crippen LogP contribution is 2.40. The van der Waals surface area contributed by atoms with Crippen LogP contribution in [-0.2, 0) is 9.59 Å². The Morgan fingerprint density at radius 2 is 1.89 bits per heavy atom. The molecule has 2 aliphatic rings. The van der Waals surface area contributed by atoms with Crippen molar-refractivity contribution in [1.82, 2.24) is 4.90 Å². The van der Waals surface area contributed by atoms with Crippen molar-refractivity contribution in [2.45, 2.75) is 38.8 Å². The van der Waals surface area contributed by atoms with E-state index in [1.165, 1.54) is 43.3 Å². The third-order valence-corrected chi connectivity index (χ3v) is 5.68. The van der Waals surface area contributed by atoms with Gasteiger partial charge in [0.2, 0.25) is 5.91 Å². The SMILES string of the molecule is CC(=O)Nc1cccc2c1C(=O)N([C@@H](CC(=O)O)c1ccc(OC(F)F)c(OCC3CC3)c1)C2=O. The van der Waals surface area contributed by atoms with Crippen LogP contribution >= 0.6 is 0 Å². The quantitative estimate of drug-likeness (QED) is 0.487. The molecule has 4 rings (SSSR count). The summed E-state index contributed by atoms with van der Waals surface area (Å²) >= 11 is 0. The van der Waals surface area contributed by atoms with Gasteiger partial charge in [0.15, 0.2) is 11.5 Å². The Kier molecular flexibility index (Phi) is 6.68. The second-order valence-corrected chi connectivity index (χ2v) is 8.34. The first kappa shape index (κ1) is 24.1. The van der Waals surface area contributed by atoms with Gasteiger partial charge in [-0.15, -0.1) is 0 Å². The number of fused-ring (bicyclic) bond motifs is 1. The highest BCUT2D eigenvalue weighted by atomic mass is 19.3. The van der Waals surface area contributed by atoms with Gasteiger partial charge in [0.05, 0.1) is 35.9 Å². The zero-order valence-corrected chi connectivity index (χ0v) is 18.6. The summed E-state index contributed by atoms with van der Waals surface area (Å²) in [5.74, 6) is -3.26. The van der Waals surface area contributed by atoms with Crippen LogP contribution in [0.25, 0.3) is 0 Å². The number of carboxylic acid groups (broad SMARTS) is 1. The first-order valence-corrected chi connectivity index (χ1v) is 10.9. The van der Waals surface area contributed by atoms with E-state index in [1.54, 1.807) is 0 Å². The number of aliphatic carboxylic acids is 1. The maximum absolute atomic E-state index is 13.3. The molecule has 0 saturated heterocycles. The van der Waals surface area contributed by atoms with Crippen molar-refractivity contribution in [3.8, 4) is 11.5 Å². The van der Waals surface area contributed by atoms with Crippen LogP contribution in [0.15, 0.2) is 36.4 Å². The van der Waals surface area contributed by atoms with Gasteiger partial charge in [-0.25, -0.2) is 0 Å². The van der Waals surface area contributed by atoms with E-state index < -0.39 is 42.8 Å². The number of hydrogen-bond acceptors (Lipinski definition) is 6. The van der Waals surface area contributed by atoms with Gasteiger partial charge in [-0.1, -0.05) is 12.1 Å². The van der Waals surface area contributed by atoms with E-state index in [0.29, 0.717) is 0 Å². The van der Waals surface area contributed by atoms with Crippen LogP contribution in [0.5, 0.6) is 11.5 Å². The summed E-state index contributed by atoms with van der Waals surface area (Å²) in [5, 5.41) is 12.0. The van der Waals surface area contributed by atoms with Crippen molar-refractivity contribution < 1.29 is 42.5 Å². The predicted molar refractivity (Wildman–Crippen MR) is 118 cm³/mol. The molecule has 0 aromatic heterocycles. The number of halogens is 2. The topological polar surface area (TPSA) is 122 Å². The summed E-state index contributed by atoms with van der Waals surface area (Å²) in [5.41, 5.74) is 0.278. The lowest BCUT2D eigenvalue weighted by Gasteiger charge is -2.26. The Labute approximate surface area is 198 Å². The van der Waals surface area contributed by atoms with Crippen LogP contribution in [0.3, 0.4) is 0 Å². The Hall–Kier alpha value is -4.02. The Morgan fingerprint density at radius 1 is 1.14 bits per heavy atom. The van der Waals surface area contributed by atoms with E-state index in [9.17, 15) is 33.1 Å². The number of hydrogen-bond donors (Lipinski definition) is 2. The minimum absolute atomic E-state index is 0.0134. The molecule has 11 heteroatoms. The monoisotopic (exact) mass is 488 g/mol. The summed E-state index contributed by atoms with van der Waals surface area (Å²) < 4.78 is 36.0. The molecule has 1 saturated carbocycles. The number of rotatable bonds is 10. The van der Waals surface area contributed by atoms with Crippen LogP contribution in [0.2, 0.25) is 0 Å². The Morgan fingerprint density at radius 3 is 2.51 bits per heavy atom. The molecular weight excluding hydrogens is 466 g/mol. The number of carboxylic acids is 1. The first-order valence-electron chi connectivity index (χ1n) is 10.9. The fourth-order valence-electron chi connectivity index (χ4n) is 3.93. The summed E-state index contributed by atoms with van der Waals surface area (Å²) in [4.78, 5) is 50.6. The van der Waals surface area contributed by atoms with Crippen LogP contribution in [0.4, 0.5) is 14.5 Å². The summed E-state index contributed by atoms with van der Waals surface area (Å²) in [6, 6.07) is 6.91. The van der Waals surface area contributed by atoms with Crippen molar-refractivity contribution in [3.63, 3.8) is 0 Å². The zero-order chi connectivity index (χ0) is 25.3. The normalized spacial score (nSPS) is 15.7. The van der Waals surface area contributed by atoms with Crippen molar-refractivity contribution in [3.05, 3.63) is 53.1 Å². The fourth-order valence-corrected chi connectivity index (χ4v) is 3.93. The van der Waals surface area contributed by atoms with Crippen molar-refractivity contribution in [2.24, 2.45) is 5.92 Å². The molecule has 0 radical (unpaired) electrons. The lowest BCUT2D eigenvalue weighted by atomic mass is 10.0. The number of benzene rings is 2. The van der Waals surface area contributed by atoms with E-state index >= 15 is 0 Å². The molecule has 9 nitrogen and oxygen atoms in total. The van der Waals surface area contributed by atoms with E-state index in [4.69, 9.17) is 4.74 Å². The smallest absolute Gasteiger partial charge is 0.387 e. The average Bonchev–Trinajstić information content (AvgIpc) is 3.57. The molecule has 1 atom stereocenters. The molecule has 1 fully saturated rings. The molecule has 0 unspecified atom stereocenters. The largest absolute Gasteiger partial charge is 0.489 e. The summed E-state index contributed by atoms with van der Waals surface area (Å²) in [7, 11) is 0. The molecule has 1 aliphatic heterocycles. The number of imide groups is 1. The van der Waals surface area contributed by atoms with Gasteiger partial charge < -0.3 is 19.9 Å². The second-order valence-electron chi connectivity index (χ2n) is 8.34. The Balaban J connectivity index is 1.73. The molecule has 1 aliphatic carbocycles. The molecule has 2 aromatic carbocycles. The second kappa shape index (κ2) is 9.69. The maximum Gasteiger partial charge on any atom is 0.387 e. The predicted octanol–water partition coefficient (Wildman–Crippen LogP) is 3.85. The Bertz CT molecular complexity index is 1200. The van der Waals surface area contributed by atoms with E-state index in [2.05, 4.69) is 10.1 Å². The molecule has 1 heterocycles. The summed E-state index contributed by atoms with van der Waals surface area (Å²) in [6.45, 7) is -1.60. The standard InChI is InChI=1S/C24H22F2N2O7/c1-12(29)27-16-4-2-3-15-21(16)23(33)28(22(15)32)17(10-20(30)31)14-7-8-18(35-24(25)26)19(9-14)34-11-13-5-6-13/h2-4,7-9,13,17,24H,5-6,10-11H2,1H3,(H,27,29)(H,30,31)/t17-/m0/s1. The van der Waals surface area contributed by atoms with Gasteiger partial charge in [0.25, 0.3) is 11.8 Å². The van der Waals surface area contributed by atoms with Crippen LogP contribution in [0.1, 0.15) is 58.5 Å². The van der Waals surface area contributed by atoms with E-state index in [0.717, 1.165) is 17.7 Å². The van der Waals surface area contributed by atoms with Gasteiger partial charge in [0, 0.05) is 6.92 Å². The van der Waals surface area contributed by atoms with Gasteiger partial charge in [-0.05, 0) is 48.6 Å². The molecule has 2 aromatic rings. The van der Waals surface area contributed by atoms with E-state index in [-0.39, 0.29) is 46.4 Å². The van der Waals surface area contributed by atoms with Crippen molar-refractivity contribution in [2.75, 3.05) is 11.9 Å². The van der Waals surface area contributed by atoms with Gasteiger partial charge in [-0.2, -0.15) is 8.78 Å². The first-order chi connectivity index (χ1) is 16.7. The third-order valence-electron chi connectivity index (χ3n) is 5.68. The number of carbonyl (C=O) groups excluding carboxylic acids is 3. The minimum Gasteiger partial charge on any atom is -0.489 e. The highest BCUT2D eigenvalue weighted by Gasteiger charge is 2.43. The number of carbonyl (C=O) groups is 4. The van der Waals surface area contributed by atoms with Gasteiger partial charge in [-0.3, -0.25) is 24.1 Å². The minimum atomic E-state index is -3.11. The fraction of sp³-hybridized carbons (Fsp3) is 0.333. The number of amides is 3. The number of ether oxygens (including phenoxy) is 2. The lowest BCUT2D eigenvalue weighted by Crippen LogP contribution is -2.35. The van der Waals surface area contributed by atoms with Crippen LogP contribution in [0, 0.1) is 5.92 Å². The number of nitrogens with zero attached hydrogens (tertiary/aromatic N) is 1. The third kappa shape index (κ3) is 5.23. The van der Waals surface area contributed by atoms with Gasteiger partial charge >= 0.3 is 12.6 Å². The van der Waals surface area contributed by atoms with Crippen LogP contribution < -0.4 is 14.8 Å². The lowest BCUT2D eigenvalue weighted by molar-refractivity contribution is -0.138. The van der Waals surface area contributed by atoms with E-state index in [1.807, 2.05) is 0 Å². The average molecular weight is 488 g/mol. The van der Waals surface area contributed by atoms with Crippen LogP contribution in [-0.4, -0.2) is 46.9 Å². The molecule has 0 spiro atoms. The highest BCUT2D eigenvalue weighted by molar-refractivity contribution is 6.24. The van der Waals surface area contributed by atoms with Crippen molar-refractivity contribution >= 4 is 29.4 Å². The molecule has 35 heavy (non-hydrogen) atoms. The van der Waals surface area contributed by atoms with Gasteiger partial charge in [0.1, 0.15) is 0 Å². The molecule has 0 bridgehead atoms. The molecule has 184 valence electrons. The number of anilines is 1.